The minimum Gasteiger partial charge on any atom is -0.348 e. The SMILES string of the molecule is CCCCN[C@H](C(=O)N(C(=O)[C@H](Cc1cnc[nH]1)NC(=O)[C@H](Cc1ccccc1)CS(=O)(=O)C(C)(C)C)C(=O)[C@@H](N)CC1CCCCC1)C(C)C.CS(=O)(=O)O. The van der Waals surface area contributed by atoms with Crippen molar-refractivity contribution in [3.63, 3.8) is 0 Å². The van der Waals surface area contributed by atoms with Gasteiger partial charge >= 0.3 is 0 Å². The highest BCUT2D eigenvalue weighted by atomic mass is 32.2. The Morgan fingerprint density at radius 3 is 2.11 bits per heavy atom. The third kappa shape index (κ3) is 16.5. The Labute approximate surface area is 333 Å². The highest BCUT2D eigenvalue weighted by molar-refractivity contribution is 7.92. The number of aromatic nitrogens is 2. The van der Waals surface area contributed by atoms with E-state index in [-0.39, 0.29) is 24.7 Å². The van der Waals surface area contributed by atoms with Crippen LogP contribution in [0.15, 0.2) is 42.9 Å². The van der Waals surface area contributed by atoms with Crippen LogP contribution in [0, 0.1) is 17.8 Å². The Morgan fingerprint density at radius 1 is 0.982 bits per heavy atom. The van der Waals surface area contributed by atoms with E-state index in [1.165, 1.54) is 12.5 Å². The first-order valence-corrected chi connectivity index (χ1v) is 22.9. The number of imide groups is 3. The maximum absolute atomic E-state index is 14.7. The minimum absolute atomic E-state index is 0.0948. The van der Waals surface area contributed by atoms with Crippen molar-refractivity contribution in [2.24, 2.45) is 23.5 Å². The molecule has 1 aliphatic rings. The molecule has 0 unspecified atom stereocenters. The van der Waals surface area contributed by atoms with E-state index in [2.05, 4.69) is 20.6 Å². The number of benzene rings is 1. The molecule has 2 aromatic rings. The number of imidazole rings is 1. The molecule has 4 amide bonds. The van der Waals surface area contributed by atoms with Gasteiger partial charge in [-0.25, -0.2) is 18.3 Å². The third-order valence-corrected chi connectivity index (χ3v) is 12.5. The standard InChI is InChI=1S/C38H60N6O6S.CH4O3S/c1-7-8-19-41-33(26(2)3)37(48)44(35(46)31(39)21-28-17-13-10-14-18-28)36(47)32(22-30-23-40-25-42-30)43-34(45)29(20-27-15-11-9-12-16-27)24-51(49,50)38(4,5)6;1-5(2,3)4/h9,11-12,15-16,23,25-26,28-29,31-33,41H,7-8,10,13-14,17-22,24,39H2,1-6H3,(H,40,42)(H,43,45);1H3,(H,2,3,4)/t29-,31+,32+,33+;/m1./s1. The smallest absolute Gasteiger partial charge is 0.261 e. The Bertz CT molecular complexity index is 1750. The fourth-order valence-corrected chi connectivity index (χ4v) is 7.76. The van der Waals surface area contributed by atoms with Crippen molar-refractivity contribution in [1.29, 1.82) is 0 Å². The molecule has 1 heterocycles. The van der Waals surface area contributed by atoms with Crippen LogP contribution in [0.2, 0.25) is 0 Å². The first-order valence-electron chi connectivity index (χ1n) is 19.4. The van der Waals surface area contributed by atoms with Crippen LogP contribution in [0.1, 0.15) is 104 Å². The maximum Gasteiger partial charge on any atom is 0.261 e. The van der Waals surface area contributed by atoms with Gasteiger partial charge < -0.3 is 21.4 Å². The average molecular weight is 825 g/mol. The summed E-state index contributed by atoms with van der Waals surface area (Å²) in [6.45, 7) is 10.9. The molecule has 15 nitrogen and oxygen atoms in total. The number of rotatable bonds is 18. The van der Waals surface area contributed by atoms with Gasteiger partial charge in [0.15, 0.2) is 9.84 Å². The van der Waals surface area contributed by atoms with Crippen molar-refractivity contribution >= 4 is 43.6 Å². The molecule has 0 spiro atoms. The van der Waals surface area contributed by atoms with Crippen LogP contribution in [0.3, 0.4) is 0 Å². The summed E-state index contributed by atoms with van der Waals surface area (Å²) in [5.74, 6) is -4.74. The number of nitrogens with one attached hydrogen (secondary N) is 3. The Hall–Kier alpha value is -3.51. The summed E-state index contributed by atoms with van der Waals surface area (Å²) in [6.07, 6.45) is 10.7. The number of carbonyl (C=O) groups is 4. The van der Waals surface area contributed by atoms with Gasteiger partial charge in [0.1, 0.15) is 6.04 Å². The molecule has 316 valence electrons. The van der Waals surface area contributed by atoms with Gasteiger partial charge in [0.2, 0.25) is 5.91 Å². The van der Waals surface area contributed by atoms with Gasteiger partial charge in [0, 0.05) is 18.3 Å². The molecular formula is C39H64N6O9S2. The van der Waals surface area contributed by atoms with Crippen molar-refractivity contribution < 1.29 is 40.6 Å². The van der Waals surface area contributed by atoms with Gasteiger partial charge in [-0.15, -0.1) is 0 Å². The van der Waals surface area contributed by atoms with Crippen molar-refractivity contribution in [3.05, 3.63) is 54.1 Å². The number of H-pyrrole nitrogens is 1. The minimum atomic E-state index is -3.77. The lowest BCUT2D eigenvalue weighted by Crippen LogP contribution is -2.62. The van der Waals surface area contributed by atoms with Gasteiger partial charge in [-0.2, -0.15) is 8.42 Å². The van der Waals surface area contributed by atoms with E-state index in [1.54, 1.807) is 32.9 Å². The van der Waals surface area contributed by atoms with Gasteiger partial charge in [-0.05, 0) is 64.0 Å². The van der Waals surface area contributed by atoms with Crippen LogP contribution in [-0.4, -0.2) is 101 Å². The van der Waals surface area contributed by atoms with Crippen molar-refractivity contribution in [2.75, 3.05) is 18.6 Å². The van der Waals surface area contributed by atoms with Gasteiger partial charge in [-0.3, -0.25) is 23.7 Å². The number of nitrogens with zero attached hydrogens (tertiary/aromatic N) is 2. The fraction of sp³-hybridized carbons (Fsp3) is 0.667. The molecule has 17 heteroatoms. The van der Waals surface area contributed by atoms with Crippen LogP contribution < -0.4 is 16.4 Å². The number of nitrogens with two attached hydrogens (primary N) is 1. The predicted octanol–water partition coefficient (Wildman–Crippen LogP) is 3.61. The van der Waals surface area contributed by atoms with E-state index in [9.17, 15) is 36.0 Å². The third-order valence-electron chi connectivity index (χ3n) is 9.76. The molecule has 4 atom stereocenters. The van der Waals surface area contributed by atoms with E-state index < -0.39 is 78.1 Å². The van der Waals surface area contributed by atoms with Crippen LogP contribution in [0.5, 0.6) is 0 Å². The van der Waals surface area contributed by atoms with Crippen LogP contribution >= 0.6 is 0 Å². The largest absolute Gasteiger partial charge is 0.348 e. The molecule has 1 fully saturated rings. The zero-order chi connectivity index (χ0) is 42.3. The lowest BCUT2D eigenvalue weighted by Gasteiger charge is -2.33. The number of hydrogen-bond donors (Lipinski definition) is 5. The van der Waals surface area contributed by atoms with E-state index in [0.717, 1.165) is 50.5 Å². The average Bonchev–Trinajstić information content (AvgIpc) is 3.62. The first kappa shape index (κ1) is 48.6. The Balaban J connectivity index is 0.00000203. The second-order valence-corrected chi connectivity index (χ2v) is 20.3. The van der Waals surface area contributed by atoms with Crippen LogP contribution in [-0.2, 0) is 52.0 Å². The topological polar surface area (TPSA) is 239 Å². The molecule has 0 bridgehead atoms. The van der Waals surface area contributed by atoms with E-state index in [0.29, 0.717) is 29.8 Å². The van der Waals surface area contributed by atoms with Crippen molar-refractivity contribution in [1.82, 2.24) is 25.5 Å². The number of aromatic amines is 1. The summed E-state index contributed by atoms with van der Waals surface area (Å²) in [5.41, 5.74) is 7.74. The van der Waals surface area contributed by atoms with Crippen molar-refractivity contribution in [3.8, 4) is 0 Å². The highest BCUT2D eigenvalue weighted by Gasteiger charge is 2.42. The Morgan fingerprint density at radius 2 is 1.59 bits per heavy atom. The molecule has 3 rings (SSSR count). The van der Waals surface area contributed by atoms with Gasteiger partial charge in [-0.1, -0.05) is 89.6 Å². The molecule has 1 saturated carbocycles. The van der Waals surface area contributed by atoms with Crippen LogP contribution in [0.25, 0.3) is 0 Å². The number of sulfone groups is 1. The maximum atomic E-state index is 14.7. The van der Waals surface area contributed by atoms with E-state index in [1.807, 2.05) is 39.0 Å². The van der Waals surface area contributed by atoms with Crippen LogP contribution in [0.4, 0.5) is 0 Å². The molecule has 0 aliphatic heterocycles. The molecule has 56 heavy (non-hydrogen) atoms. The number of unbranched alkanes of at least 4 members (excludes halogenated alkanes) is 1. The lowest BCUT2D eigenvalue weighted by atomic mass is 9.84. The lowest BCUT2D eigenvalue weighted by molar-refractivity contribution is -0.158. The molecule has 6 N–H and O–H groups in total. The molecular weight excluding hydrogens is 761 g/mol. The second kappa shape index (κ2) is 22.4. The normalized spacial score (nSPS) is 16.2. The van der Waals surface area contributed by atoms with E-state index in [4.69, 9.17) is 10.3 Å². The molecule has 0 radical (unpaired) electrons. The fourth-order valence-electron chi connectivity index (χ4n) is 6.46. The monoisotopic (exact) mass is 824 g/mol. The number of amides is 4. The molecule has 1 aromatic carbocycles. The number of hydrogen-bond acceptors (Lipinski definition) is 11. The summed E-state index contributed by atoms with van der Waals surface area (Å²) < 4.78 is 51.6. The summed E-state index contributed by atoms with van der Waals surface area (Å²) in [6, 6.07) is 5.67. The zero-order valence-corrected chi connectivity index (χ0v) is 35.6. The quantitative estimate of drug-likeness (QED) is 0.107. The summed E-state index contributed by atoms with van der Waals surface area (Å²) in [7, 11) is -7.44. The summed E-state index contributed by atoms with van der Waals surface area (Å²) in [5, 5.41) is 6.01. The first-order chi connectivity index (χ1) is 26.1. The predicted molar refractivity (Wildman–Crippen MR) is 216 cm³/mol. The zero-order valence-electron chi connectivity index (χ0n) is 34.0. The summed E-state index contributed by atoms with van der Waals surface area (Å²) in [4.78, 5) is 65.1. The Kier molecular flexibility index (Phi) is 19.5. The molecule has 1 aliphatic carbocycles. The summed E-state index contributed by atoms with van der Waals surface area (Å²) >= 11 is 0. The number of carbonyl (C=O) groups excluding carboxylic acids is 4. The van der Waals surface area contributed by atoms with Gasteiger partial charge in [0.05, 0.1) is 41.1 Å². The van der Waals surface area contributed by atoms with Gasteiger partial charge in [0.25, 0.3) is 27.8 Å². The second-order valence-electron chi connectivity index (χ2n) is 16.1. The van der Waals surface area contributed by atoms with Crippen molar-refractivity contribution in [2.45, 2.75) is 129 Å². The molecule has 0 saturated heterocycles. The molecule has 1 aromatic heterocycles. The van der Waals surface area contributed by atoms with E-state index >= 15 is 0 Å². The highest BCUT2D eigenvalue weighted by Crippen LogP contribution is 2.28.